The van der Waals surface area contributed by atoms with Crippen LogP contribution in [0.5, 0.6) is 0 Å². The SMILES string of the molecule is C#CCCC(NC(=O)[C@@H]1C2C(CN1C(=O)[C@@H](NC(=O)NC1(CS(=O)(=O)c3ccccc3)CCCCC1)C(C)(C)C)C2(C)C)C(=O)C(=O)NCC=C. The lowest BCUT2D eigenvalue weighted by Gasteiger charge is -2.40. The molecule has 2 aliphatic carbocycles. The van der Waals surface area contributed by atoms with E-state index in [4.69, 9.17) is 6.42 Å². The van der Waals surface area contributed by atoms with Crippen molar-refractivity contribution < 1.29 is 32.4 Å². The van der Waals surface area contributed by atoms with E-state index in [2.05, 4.69) is 33.8 Å². The van der Waals surface area contributed by atoms with E-state index in [1.807, 2.05) is 13.8 Å². The van der Waals surface area contributed by atoms with Crippen LogP contribution in [0.3, 0.4) is 0 Å². The Morgan fingerprint density at radius 3 is 2.29 bits per heavy atom. The zero-order valence-electron chi connectivity index (χ0n) is 30.4. The molecule has 13 heteroatoms. The van der Waals surface area contributed by atoms with Crippen LogP contribution >= 0.6 is 0 Å². The number of nitrogens with zero attached hydrogens (tertiary/aromatic N) is 1. The number of ketones is 1. The van der Waals surface area contributed by atoms with Crippen molar-refractivity contribution in [2.24, 2.45) is 22.7 Å². The third-order valence-electron chi connectivity index (χ3n) is 10.7. The molecule has 2 saturated carbocycles. The van der Waals surface area contributed by atoms with E-state index in [-0.39, 0.29) is 53.8 Å². The summed E-state index contributed by atoms with van der Waals surface area (Å²) >= 11 is 0. The second kappa shape index (κ2) is 15.6. The first kappa shape index (κ1) is 39.6. The van der Waals surface area contributed by atoms with Crippen molar-refractivity contribution in [3.8, 4) is 12.3 Å². The number of carbonyl (C=O) groups excluding carboxylic acids is 5. The van der Waals surface area contributed by atoms with E-state index in [9.17, 15) is 32.4 Å². The lowest BCUT2D eigenvalue weighted by atomic mass is 9.83. The Labute approximate surface area is 302 Å². The molecule has 51 heavy (non-hydrogen) atoms. The fourth-order valence-corrected chi connectivity index (χ4v) is 9.64. The molecule has 0 aromatic heterocycles. The molecule has 0 radical (unpaired) electrons. The molecule has 278 valence electrons. The minimum Gasteiger partial charge on any atom is -0.346 e. The number of fused-ring (bicyclic) bond motifs is 1. The van der Waals surface area contributed by atoms with Gasteiger partial charge in [-0.25, -0.2) is 13.2 Å². The number of terminal acetylenes is 1. The summed E-state index contributed by atoms with van der Waals surface area (Å²) in [5.74, 6) is -0.792. The summed E-state index contributed by atoms with van der Waals surface area (Å²) < 4.78 is 26.9. The number of Topliss-reactive ketones (excluding diaryl/α,β-unsaturated/α-hetero) is 1. The van der Waals surface area contributed by atoms with Crippen LogP contribution in [0.4, 0.5) is 4.79 Å². The predicted molar refractivity (Wildman–Crippen MR) is 194 cm³/mol. The van der Waals surface area contributed by atoms with Crippen LogP contribution in [0, 0.1) is 35.0 Å². The molecule has 1 aromatic carbocycles. The molecule has 3 unspecified atom stereocenters. The van der Waals surface area contributed by atoms with Crippen molar-refractivity contribution >= 4 is 39.4 Å². The summed E-state index contributed by atoms with van der Waals surface area (Å²) in [5.41, 5.74) is -2.08. The number of amides is 5. The first-order chi connectivity index (χ1) is 23.9. The molecule has 5 amide bonds. The van der Waals surface area contributed by atoms with Crippen LogP contribution in [-0.2, 0) is 29.0 Å². The normalized spacial score (nSPS) is 23.0. The number of hydrogen-bond acceptors (Lipinski definition) is 7. The Balaban J connectivity index is 1.56. The molecule has 1 saturated heterocycles. The van der Waals surface area contributed by atoms with Gasteiger partial charge < -0.3 is 26.2 Å². The van der Waals surface area contributed by atoms with Gasteiger partial charge in [-0.15, -0.1) is 18.9 Å². The Morgan fingerprint density at radius 1 is 1.06 bits per heavy atom. The highest BCUT2D eigenvalue weighted by Crippen LogP contribution is 2.65. The second-order valence-corrected chi connectivity index (χ2v) is 17.9. The van der Waals surface area contributed by atoms with Gasteiger partial charge in [0, 0.05) is 19.5 Å². The molecule has 3 fully saturated rings. The predicted octanol–water partition coefficient (Wildman–Crippen LogP) is 3.13. The molecule has 0 bridgehead atoms. The van der Waals surface area contributed by atoms with E-state index in [1.165, 1.54) is 11.0 Å². The monoisotopic (exact) mass is 723 g/mol. The number of nitrogens with one attached hydrogen (secondary N) is 4. The summed E-state index contributed by atoms with van der Waals surface area (Å²) in [4.78, 5) is 69.5. The van der Waals surface area contributed by atoms with Gasteiger partial charge in [0.1, 0.15) is 12.1 Å². The number of piperidine rings is 1. The highest BCUT2D eigenvalue weighted by Gasteiger charge is 2.70. The van der Waals surface area contributed by atoms with E-state index < -0.39 is 68.5 Å². The Morgan fingerprint density at radius 2 is 1.71 bits per heavy atom. The minimum atomic E-state index is -3.74. The molecule has 1 aromatic rings. The average Bonchev–Trinajstić information content (AvgIpc) is 3.38. The zero-order valence-corrected chi connectivity index (χ0v) is 31.2. The van der Waals surface area contributed by atoms with Gasteiger partial charge in [-0.3, -0.25) is 19.2 Å². The van der Waals surface area contributed by atoms with Gasteiger partial charge in [0.15, 0.2) is 9.84 Å². The Kier molecular flexibility index (Phi) is 12.1. The Bertz CT molecular complexity index is 1650. The molecule has 3 aliphatic rings. The maximum Gasteiger partial charge on any atom is 0.315 e. The van der Waals surface area contributed by atoms with Crippen LogP contribution in [0.25, 0.3) is 0 Å². The first-order valence-corrected chi connectivity index (χ1v) is 19.4. The first-order valence-electron chi connectivity index (χ1n) is 17.7. The maximum atomic E-state index is 14.5. The maximum absolute atomic E-state index is 14.5. The summed E-state index contributed by atoms with van der Waals surface area (Å²) in [7, 11) is -3.74. The van der Waals surface area contributed by atoms with Crippen LogP contribution in [0.1, 0.15) is 79.6 Å². The van der Waals surface area contributed by atoms with Crippen LogP contribution < -0.4 is 21.3 Å². The topological polar surface area (TPSA) is 171 Å². The van der Waals surface area contributed by atoms with E-state index in [0.717, 1.165) is 19.3 Å². The summed E-state index contributed by atoms with van der Waals surface area (Å²) in [6, 6.07) is 4.25. The molecule has 5 atom stereocenters. The third kappa shape index (κ3) is 9.01. The lowest BCUT2D eigenvalue weighted by Crippen LogP contribution is -2.63. The summed E-state index contributed by atoms with van der Waals surface area (Å²) in [6.07, 6.45) is 10.4. The highest BCUT2D eigenvalue weighted by atomic mass is 32.2. The van der Waals surface area contributed by atoms with Crippen LogP contribution in [0.2, 0.25) is 0 Å². The van der Waals surface area contributed by atoms with Gasteiger partial charge >= 0.3 is 6.03 Å². The van der Waals surface area contributed by atoms with Gasteiger partial charge in [0.05, 0.1) is 22.2 Å². The van der Waals surface area contributed by atoms with Crippen molar-refractivity contribution in [1.82, 2.24) is 26.2 Å². The van der Waals surface area contributed by atoms with Gasteiger partial charge in [-0.2, -0.15) is 0 Å². The molecule has 0 spiro atoms. The molecule has 4 N–H and O–H groups in total. The number of rotatable bonds is 14. The smallest absolute Gasteiger partial charge is 0.315 e. The number of benzene rings is 1. The standard InChI is InChI=1S/C38H53N5O7S/c1-8-10-19-27(30(44)33(46)39-22-9-2)40-32(45)29-28-26(37(28,6)7)23-43(29)34(47)31(36(3,4)5)41-35(48)42-38(20-15-12-16-21-38)24-51(49,50)25-17-13-11-14-18-25/h1,9,11,13-14,17-18,26-29,31H,2,10,12,15-16,19-24H2,3-7H3,(H,39,46)(H,40,45)(H2,41,42,48)/t26?,27?,28?,29-,31+/m0/s1. The van der Waals surface area contributed by atoms with Gasteiger partial charge in [0.25, 0.3) is 5.91 Å². The van der Waals surface area contributed by atoms with Crippen molar-refractivity contribution in [3.05, 3.63) is 43.0 Å². The molecule has 1 aliphatic heterocycles. The number of hydrogen-bond donors (Lipinski definition) is 4. The zero-order chi connectivity index (χ0) is 37.8. The second-order valence-electron chi connectivity index (χ2n) is 15.9. The number of likely N-dealkylation sites (tertiary alicyclic amines) is 1. The lowest BCUT2D eigenvalue weighted by molar-refractivity contribution is -0.145. The van der Waals surface area contributed by atoms with Crippen molar-refractivity contribution in [3.63, 3.8) is 0 Å². The third-order valence-corrected chi connectivity index (χ3v) is 12.7. The van der Waals surface area contributed by atoms with Crippen molar-refractivity contribution in [1.29, 1.82) is 0 Å². The van der Waals surface area contributed by atoms with E-state index >= 15 is 0 Å². The van der Waals surface area contributed by atoms with Gasteiger partial charge in [0.2, 0.25) is 17.6 Å². The fraction of sp³-hybridized carbons (Fsp3) is 0.605. The number of urea groups is 1. The molecular formula is C38H53N5O7S. The quantitative estimate of drug-likeness (QED) is 0.130. The van der Waals surface area contributed by atoms with Crippen LogP contribution in [0.15, 0.2) is 47.9 Å². The number of sulfone groups is 1. The van der Waals surface area contributed by atoms with Gasteiger partial charge in [-0.1, -0.05) is 78.2 Å². The Hall–Kier alpha value is -4.18. The summed E-state index contributed by atoms with van der Waals surface area (Å²) in [6.45, 7) is 13.3. The summed E-state index contributed by atoms with van der Waals surface area (Å²) in [5, 5.41) is 11.0. The van der Waals surface area contributed by atoms with Crippen molar-refractivity contribution in [2.45, 2.75) is 108 Å². The molecule has 1 heterocycles. The minimum absolute atomic E-state index is 0.0103. The van der Waals surface area contributed by atoms with Gasteiger partial charge in [-0.05, 0) is 54.1 Å². The largest absolute Gasteiger partial charge is 0.346 e. The fourth-order valence-electron chi connectivity index (χ4n) is 7.81. The average molecular weight is 724 g/mol. The molecular weight excluding hydrogens is 671 g/mol. The van der Waals surface area contributed by atoms with E-state index in [1.54, 1.807) is 51.1 Å². The number of carbonyl (C=O) groups is 5. The molecule has 4 rings (SSSR count). The van der Waals surface area contributed by atoms with Crippen LogP contribution in [-0.4, -0.2) is 85.4 Å². The highest BCUT2D eigenvalue weighted by molar-refractivity contribution is 7.91. The molecule has 12 nitrogen and oxygen atoms in total. The van der Waals surface area contributed by atoms with Crippen molar-refractivity contribution in [2.75, 3.05) is 18.8 Å². The van der Waals surface area contributed by atoms with E-state index in [0.29, 0.717) is 12.8 Å².